The van der Waals surface area contributed by atoms with Gasteiger partial charge in [-0.3, -0.25) is 10.0 Å². The van der Waals surface area contributed by atoms with Crippen molar-refractivity contribution in [3.63, 3.8) is 0 Å². The zero-order valence-electron chi connectivity index (χ0n) is 13.9. The molecule has 1 heterocycles. The van der Waals surface area contributed by atoms with Crippen LogP contribution in [-0.4, -0.2) is 41.3 Å². The van der Waals surface area contributed by atoms with E-state index in [-0.39, 0.29) is 0 Å². The topological polar surface area (TPSA) is 99.3 Å². The largest absolute Gasteiger partial charge is 0.383 e. The number of carbonyl (C=O) groups excluding carboxylic acids is 1. The lowest BCUT2D eigenvalue weighted by molar-refractivity contribution is 0.0706. The van der Waals surface area contributed by atoms with Crippen molar-refractivity contribution >= 4 is 16.9 Å². The summed E-state index contributed by atoms with van der Waals surface area (Å²) in [7, 11) is 1.68. The number of aromatic nitrogens is 2. The number of benzene rings is 2. The highest BCUT2D eigenvalue weighted by Gasteiger charge is 2.09. The van der Waals surface area contributed by atoms with Crippen LogP contribution in [0.4, 0.5) is 0 Å². The number of amides is 1. The Kier molecular flexibility index (Phi) is 5.39. The molecule has 3 aromatic rings. The van der Waals surface area contributed by atoms with Crippen LogP contribution in [0.25, 0.3) is 22.4 Å². The number of rotatable bonds is 7. The molecule has 2 aromatic carbocycles. The number of fused-ring (bicyclic) bond motifs is 1. The van der Waals surface area contributed by atoms with Crippen molar-refractivity contribution in [3.8, 4) is 11.4 Å². The Hall–Kier alpha value is -2.74. The highest BCUT2D eigenvalue weighted by molar-refractivity contribution is 5.97. The van der Waals surface area contributed by atoms with Crippen LogP contribution in [0.15, 0.2) is 42.5 Å². The van der Waals surface area contributed by atoms with Gasteiger partial charge in [-0.15, -0.1) is 0 Å². The number of hydrogen-bond donors (Lipinski definition) is 4. The van der Waals surface area contributed by atoms with Crippen LogP contribution in [0.2, 0.25) is 0 Å². The van der Waals surface area contributed by atoms with Gasteiger partial charge >= 0.3 is 0 Å². The van der Waals surface area contributed by atoms with Crippen LogP contribution >= 0.6 is 0 Å². The molecule has 0 bridgehead atoms. The maximum absolute atomic E-state index is 11.5. The van der Waals surface area contributed by atoms with Crippen LogP contribution in [0.3, 0.4) is 0 Å². The van der Waals surface area contributed by atoms with Crippen molar-refractivity contribution in [2.24, 2.45) is 0 Å². The second-order valence-corrected chi connectivity index (χ2v) is 5.63. The third kappa shape index (κ3) is 4.03. The average molecular weight is 340 g/mol. The summed E-state index contributed by atoms with van der Waals surface area (Å²) in [5, 5.41) is 12.0. The molecule has 0 aliphatic heterocycles. The lowest BCUT2D eigenvalue weighted by atomic mass is 10.1. The van der Waals surface area contributed by atoms with Gasteiger partial charge in [0.25, 0.3) is 5.91 Å². The van der Waals surface area contributed by atoms with E-state index < -0.39 is 5.91 Å². The molecule has 1 aromatic heterocycles. The number of aromatic amines is 1. The van der Waals surface area contributed by atoms with E-state index in [0.717, 1.165) is 41.1 Å². The molecule has 0 aliphatic rings. The maximum atomic E-state index is 11.5. The predicted octanol–water partition coefficient (Wildman–Crippen LogP) is 2.08. The Labute approximate surface area is 145 Å². The summed E-state index contributed by atoms with van der Waals surface area (Å²) in [5.74, 6) is 0.178. The summed E-state index contributed by atoms with van der Waals surface area (Å²) < 4.78 is 5.02. The monoisotopic (exact) mass is 340 g/mol. The maximum Gasteiger partial charge on any atom is 0.274 e. The fraction of sp³-hybridized carbons (Fsp3) is 0.222. The number of ether oxygens (including phenoxy) is 1. The van der Waals surface area contributed by atoms with Crippen LogP contribution in [0.5, 0.6) is 0 Å². The van der Waals surface area contributed by atoms with Crippen LogP contribution in [0.1, 0.15) is 15.9 Å². The van der Waals surface area contributed by atoms with E-state index >= 15 is 0 Å². The Morgan fingerprint density at radius 3 is 2.96 bits per heavy atom. The first-order valence-corrected chi connectivity index (χ1v) is 7.94. The quantitative estimate of drug-likeness (QED) is 0.300. The minimum Gasteiger partial charge on any atom is -0.383 e. The van der Waals surface area contributed by atoms with Gasteiger partial charge in [-0.25, -0.2) is 10.5 Å². The fourth-order valence-electron chi connectivity index (χ4n) is 2.59. The van der Waals surface area contributed by atoms with E-state index in [1.807, 2.05) is 12.1 Å². The van der Waals surface area contributed by atoms with Gasteiger partial charge in [0.05, 0.1) is 17.6 Å². The summed E-state index contributed by atoms with van der Waals surface area (Å²) in [6.07, 6.45) is 0. The Balaban J connectivity index is 1.82. The van der Waals surface area contributed by atoms with Gasteiger partial charge in [-0.05, 0) is 29.8 Å². The number of hydroxylamine groups is 1. The molecule has 0 radical (unpaired) electrons. The van der Waals surface area contributed by atoms with Crippen molar-refractivity contribution < 1.29 is 14.7 Å². The fourth-order valence-corrected chi connectivity index (χ4v) is 2.59. The Bertz CT molecular complexity index is 876. The number of nitrogens with zero attached hydrogens (tertiary/aromatic N) is 1. The molecule has 25 heavy (non-hydrogen) atoms. The number of nitrogens with one attached hydrogen (secondary N) is 3. The van der Waals surface area contributed by atoms with E-state index in [2.05, 4.69) is 27.4 Å². The second kappa shape index (κ2) is 7.89. The van der Waals surface area contributed by atoms with Crippen LogP contribution < -0.4 is 10.8 Å². The number of methoxy groups -OCH3 is 1. The van der Waals surface area contributed by atoms with Gasteiger partial charge in [0.1, 0.15) is 5.82 Å². The first kappa shape index (κ1) is 17.1. The molecule has 7 nitrogen and oxygen atoms in total. The summed E-state index contributed by atoms with van der Waals surface area (Å²) in [6.45, 7) is 2.21. The predicted molar refractivity (Wildman–Crippen MR) is 94.4 cm³/mol. The molecule has 1 amide bonds. The number of carbonyl (C=O) groups is 1. The van der Waals surface area contributed by atoms with Crippen LogP contribution in [-0.2, 0) is 11.3 Å². The first-order valence-electron chi connectivity index (χ1n) is 7.94. The molecule has 4 N–H and O–H groups in total. The van der Waals surface area contributed by atoms with Crippen molar-refractivity contribution in [1.29, 1.82) is 0 Å². The highest BCUT2D eigenvalue weighted by atomic mass is 16.5. The number of H-pyrrole nitrogens is 1. The van der Waals surface area contributed by atoms with Crippen molar-refractivity contribution in [2.45, 2.75) is 6.54 Å². The zero-order valence-corrected chi connectivity index (χ0v) is 13.9. The van der Waals surface area contributed by atoms with Crippen molar-refractivity contribution in [1.82, 2.24) is 20.8 Å². The molecule has 7 heteroatoms. The van der Waals surface area contributed by atoms with Gasteiger partial charge in [0.15, 0.2) is 0 Å². The lowest BCUT2D eigenvalue weighted by Crippen LogP contribution is -2.18. The first-order chi connectivity index (χ1) is 12.2. The highest BCUT2D eigenvalue weighted by Crippen LogP contribution is 2.22. The molecule has 0 atom stereocenters. The molecule has 0 saturated carbocycles. The van der Waals surface area contributed by atoms with Crippen molar-refractivity contribution in [3.05, 3.63) is 53.6 Å². The molecule has 0 aliphatic carbocycles. The minimum absolute atomic E-state index is 0.362. The number of hydrogen-bond acceptors (Lipinski definition) is 5. The molecule has 0 spiro atoms. The van der Waals surface area contributed by atoms with E-state index in [4.69, 9.17) is 9.94 Å². The molecule has 0 fully saturated rings. The standard InChI is InChI=1S/C18H20N4O3/c1-25-8-7-19-11-12-3-2-4-13(9-12)17-20-15-6-5-14(18(23)22-24)10-16(15)21-17/h2-6,9-10,19,24H,7-8,11H2,1H3,(H,20,21)(H,22,23). The summed E-state index contributed by atoms with van der Waals surface area (Å²) in [6, 6.07) is 13.1. The SMILES string of the molecule is COCCNCc1cccc(-c2nc3ccc(C(=O)NO)cc3[nH]2)c1. The smallest absolute Gasteiger partial charge is 0.274 e. The van der Waals surface area contributed by atoms with E-state index in [0.29, 0.717) is 12.2 Å². The zero-order chi connectivity index (χ0) is 17.6. The lowest BCUT2D eigenvalue weighted by Gasteiger charge is -2.05. The molecule has 0 saturated heterocycles. The summed E-state index contributed by atoms with van der Waals surface area (Å²) in [4.78, 5) is 19.3. The van der Waals surface area contributed by atoms with Gasteiger partial charge in [0.2, 0.25) is 0 Å². The third-order valence-electron chi connectivity index (χ3n) is 3.86. The minimum atomic E-state index is -0.554. The summed E-state index contributed by atoms with van der Waals surface area (Å²) >= 11 is 0. The third-order valence-corrected chi connectivity index (χ3v) is 3.86. The molecule has 3 rings (SSSR count). The number of imidazole rings is 1. The Morgan fingerprint density at radius 2 is 2.16 bits per heavy atom. The summed E-state index contributed by atoms with van der Waals surface area (Å²) in [5.41, 5.74) is 5.60. The molecular weight excluding hydrogens is 320 g/mol. The van der Waals surface area contributed by atoms with Gasteiger partial charge in [0, 0.05) is 31.3 Å². The normalized spacial score (nSPS) is 11.0. The van der Waals surface area contributed by atoms with Gasteiger partial charge in [-0.1, -0.05) is 18.2 Å². The molecular formula is C18H20N4O3. The molecule has 0 unspecified atom stereocenters. The second-order valence-electron chi connectivity index (χ2n) is 5.63. The Morgan fingerprint density at radius 1 is 1.28 bits per heavy atom. The average Bonchev–Trinajstić information content (AvgIpc) is 3.08. The van der Waals surface area contributed by atoms with Crippen molar-refractivity contribution in [2.75, 3.05) is 20.3 Å². The van der Waals surface area contributed by atoms with E-state index in [1.165, 1.54) is 0 Å². The van der Waals surface area contributed by atoms with E-state index in [1.54, 1.807) is 30.8 Å². The van der Waals surface area contributed by atoms with Gasteiger partial charge in [-0.2, -0.15) is 0 Å². The van der Waals surface area contributed by atoms with Crippen LogP contribution in [0, 0.1) is 0 Å². The van der Waals surface area contributed by atoms with E-state index in [9.17, 15) is 4.79 Å². The van der Waals surface area contributed by atoms with Gasteiger partial charge < -0.3 is 15.0 Å². The molecule has 130 valence electrons.